The Morgan fingerprint density at radius 1 is 1.19 bits per heavy atom. The summed E-state index contributed by atoms with van der Waals surface area (Å²) >= 11 is 0. The molecule has 5 atom stereocenters. The molecule has 3 rings (SSSR count). The van der Waals surface area contributed by atoms with E-state index >= 15 is 0 Å². The minimum atomic E-state index is 0.250. The van der Waals surface area contributed by atoms with Crippen molar-refractivity contribution < 1.29 is 4.74 Å². The Hall–Kier alpha value is -1.00. The van der Waals surface area contributed by atoms with Gasteiger partial charge < -0.3 is 4.74 Å². The summed E-state index contributed by atoms with van der Waals surface area (Å²) in [7, 11) is 0. The highest BCUT2D eigenvalue weighted by Gasteiger charge is 2.42. The summed E-state index contributed by atoms with van der Waals surface area (Å²) in [5.74, 6) is 5.70. The number of hydrogen-bond donors (Lipinski definition) is 0. The Kier molecular flexibility index (Phi) is 4.27. The summed E-state index contributed by atoms with van der Waals surface area (Å²) in [5, 5.41) is 0. The van der Waals surface area contributed by atoms with Gasteiger partial charge in [-0.1, -0.05) is 25.8 Å². The SMILES string of the molecule is C#CCO[C@H]1C[C@@H]2C(=C1C)C1=CCC[C@H](C)[C@@H]1CC[C@H]2C. The topological polar surface area (TPSA) is 9.23 Å². The summed E-state index contributed by atoms with van der Waals surface area (Å²) in [6.07, 6.45) is 14.6. The Morgan fingerprint density at radius 2 is 1.95 bits per heavy atom. The van der Waals surface area contributed by atoms with Crippen LogP contribution in [0.1, 0.15) is 52.9 Å². The van der Waals surface area contributed by atoms with Crippen molar-refractivity contribution in [3.8, 4) is 12.3 Å². The van der Waals surface area contributed by atoms with Gasteiger partial charge in [-0.25, -0.2) is 0 Å². The first-order chi connectivity index (χ1) is 10.1. The summed E-state index contributed by atoms with van der Waals surface area (Å²) < 4.78 is 5.93. The standard InChI is InChI=1S/C20H28O/c1-5-11-21-19-12-18-14(3)9-10-16-13(2)7-6-8-17(16)20(18)15(19)4/h1,8,13-14,16,18-19H,6-7,9-12H2,2-4H3/t13-,14+,16-,18-,19-/m0/s1. The van der Waals surface area contributed by atoms with Crippen LogP contribution in [0.5, 0.6) is 0 Å². The maximum atomic E-state index is 5.93. The molecule has 0 amide bonds. The molecule has 1 heteroatoms. The molecule has 0 unspecified atom stereocenters. The molecule has 0 N–H and O–H groups in total. The smallest absolute Gasteiger partial charge is 0.108 e. The predicted octanol–water partition coefficient (Wildman–Crippen LogP) is 4.74. The molecule has 0 aromatic rings. The molecule has 0 bridgehead atoms. The van der Waals surface area contributed by atoms with Crippen LogP contribution < -0.4 is 0 Å². The molecule has 0 aromatic carbocycles. The van der Waals surface area contributed by atoms with E-state index in [4.69, 9.17) is 11.2 Å². The van der Waals surface area contributed by atoms with Crippen LogP contribution >= 0.6 is 0 Å². The van der Waals surface area contributed by atoms with E-state index in [2.05, 4.69) is 32.8 Å². The zero-order valence-corrected chi connectivity index (χ0v) is 13.7. The number of allylic oxidation sites excluding steroid dienone is 3. The lowest BCUT2D eigenvalue weighted by Gasteiger charge is -2.31. The van der Waals surface area contributed by atoms with Crippen LogP contribution in [0.2, 0.25) is 0 Å². The van der Waals surface area contributed by atoms with Crippen LogP contribution in [-0.2, 0) is 4.74 Å². The molecule has 3 aliphatic carbocycles. The predicted molar refractivity (Wildman–Crippen MR) is 87.7 cm³/mol. The van der Waals surface area contributed by atoms with Crippen LogP contribution in [0.25, 0.3) is 0 Å². The number of terminal acetylenes is 1. The Bertz CT molecular complexity index is 504. The van der Waals surface area contributed by atoms with Crippen molar-refractivity contribution in [1.29, 1.82) is 0 Å². The van der Waals surface area contributed by atoms with E-state index in [-0.39, 0.29) is 6.10 Å². The molecule has 0 spiro atoms. The third-order valence-electron chi connectivity index (χ3n) is 6.12. The van der Waals surface area contributed by atoms with Gasteiger partial charge in [0.25, 0.3) is 0 Å². The molecule has 1 fully saturated rings. The molecule has 1 saturated carbocycles. The average molecular weight is 284 g/mol. The van der Waals surface area contributed by atoms with Crippen molar-refractivity contribution in [3.05, 3.63) is 22.8 Å². The molecule has 3 aliphatic rings. The molecule has 21 heavy (non-hydrogen) atoms. The van der Waals surface area contributed by atoms with E-state index in [1.807, 2.05) is 0 Å². The maximum absolute atomic E-state index is 5.93. The second kappa shape index (κ2) is 6.01. The largest absolute Gasteiger partial charge is 0.361 e. The number of fused-ring (bicyclic) bond motifs is 3. The molecular formula is C20H28O. The van der Waals surface area contributed by atoms with Crippen molar-refractivity contribution in [2.45, 2.75) is 59.0 Å². The molecule has 114 valence electrons. The minimum absolute atomic E-state index is 0.250. The summed E-state index contributed by atoms with van der Waals surface area (Å²) in [6.45, 7) is 7.60. The lowest BCUT2D eigenvalue weighted by Crippen LogP contribution is -2.19. The normalized spacial score (nSPS) is 39.1. The summed E-state index contributed by atoms with van der Waals surface area (Å²) in [4.78, 5) is 0. The van der Waals surface area contributed by atoms with Crippen LogP contribution in [0.4, 0.5) is 0 Å². The monoisotopic (exact) mass is 284 g/mol. The van der Waals surface area contributed by atoms with Gasteiger partial charge in [0.2, 0.25) is 0 Å². The van der Waals surface area contributed by atoms with Crippen molar-refractivity contribution >= 4 is 0 Å². The molecule has 0 saturated heterocycles. The lowest BCUT2D eigenvalue weighted by molar-refractivity contribution is 0.0936. The van der Waals surface area contributed by atoms with Gasteiger partial charge in [0, 0.05) is 0 Å². The summed E-state index contributed by atoms with van der Waals surface area (Å²) in [6, 6.07) is 0. The molecular weight excluding hydrogens is 256 g/mol. The third-order valence-corrected chi connectivity index (χ3v) is 6.12. The van der Waals surface area contributed by atoms with Crippen LogP contribution in [0, 0.1) is 36.0 Å². The molecule has 1 nitrogen and oxygen atoms in total. The molecule has 0 aliphatic heterocycles. The second-order valence-electron chi connectivity index (χ2n) is 7.32. The number of rotatable bonds is 2. The van der Waals surface area contributed by atoms with Crippen molar-refractivity contribution in [1.82, 2.24) is 0 Å². The zero-order valence-electron chi connectivity index (χ0n) is 13.7. The molecule has 0 heterocycles. The van der Waals surface area contributed by atoms with Crippen LogP contribution in [0.15, 0.2) is 22.8 Å². The van der Waals surface area contributed by atoms with E-state index in [0.717, 1.165) is 24.2 Å². The number of hydrogen-bond acceptors (Lipinski definition) is 1. The van der Waals surface area contributed by atoms with Crippen LogP contribution in [-0.4, -0.2) is 12.7 Å². The van der Waals surface area contributed by atoms with Gasteiger partial charge in [0.05, 0.1) is 6.10 Å². The van der Waals surface area contributed by atoms with E-state index in [1.54, 1.807) is 11.1 Å². The van der Waals surface area contributed by atoms with Gasteiger partial charge in [-0.05, 0) is 79.4 Å². The van der Waals surface area contributed by atoms with Crippen molar-refractivity contribution in [2.24, 2.45) is 23.7 Å². The fraction of sp³-hybridized carbons (Fsp3) is 0.700. The van der Waals surface area contributed by atoms with Gasteiger partial charge in [-0.15, -0.1) is 6.42 Å². The van der Waals surface area contributed by atoms with Gasteiger partial charge >= 0.3 is 0 Å². The lowest BCUT2D eigenvalue weighted by atomic mass is 9.74. The van der Waals surface area contributed by atoms with E-state index in [0.29, 0.717) is 12.5 Å². The first-order valence-corrected chi connectivity index (χ1v) is 8.59. The highest BCUT2D eigenvalue weighted by molar-refractivity contribution is 5.45. The maximum Gasteiger partial charge on any atom is 0.108 e. The quantitative estimate of drug-likeness (QED) is 0.665. The third kappa shape index (κ3) is 2.59. The van der Waals surface area contributed by atoms with Gasteiger partial charge in [0.15, 0.2) is 0 Å². The van der Waals surface area contributed by atoms with E-state index in [1.165, 1.54) is 31.3 Å². The van der Waals surface area contributed by atoms with Crippen LogP contribution in [0.3, 0.4) is 0 Å². The second-order valence-corrected chi connectivity index (χ2v) is 7.32. The zero-order chi connectivity index (χ0) is 15.0. The fourth-order valence-electron chi connectivity index (χ4n) is 4.85. The average Bonchev–Trinajstić information content (AvgIpc) is 2.72. The highest BCUT2D eigenvalue weighted by Crippen LogP contribution is 2.51. The van der Waals surface area contributed by atoms with Gasteiger partial charge in [-0.2, -0.15) is 0 Å². The Morgan fingerprint density at radius 3 is 2.71 bits per heavy atom. The van der Waals surface area contributed by atoms with Gasteiger partial charge in [0.1, 0.15) is 6.61 Å². The highest BCUT2D eigenvalue weighted by atomic mass is 16.5. The first-order valence-electron chi connectivity index (χ1n) is 8.59. The van der Waals surface area contributed by atoms with Crippen molar-refractivity contribution in [2.75, 3.05) is 6.61 Å². The summed E-state index contributed by atoms with van der Waals surface area (Å²) in [5.41, 5.74) is 4.79. The van der Waals surface area contributed by atoms with Gasteiger partial charge in [-0.3, -0.25) is 0 Å². The molecule has 0 aromatic heterocycles. The van der Waals surface area contributed by atoms with E-state index in [9.17, 15) is 0 Å². The van der Waals surface area contributed by atoms with Crippen molar-refractivity contribution in [3.63, 3.8) is 0 Å². The first kappa shape index (κ1) is 14.9. The molecule has 0 radical (unpaired) electrons. The van der Waals surface area contributed by atoms with E-state index < -0.39 is 0 Å². The number of ether oxygens (including phenoxy) is 1. The Balaban J connectivity index is 1.97. The fourth-order valence-corrected chi connectivity index (χ4v) is 4.85. The Labute approximate surface area is 129 Å². The minimum Gasteiger partial charge on any atom is -0.361 e.